The molecule has 2 fully saturated rings. The Balaban J connectivity index is 1.48. The SMILES string of the molecule is Cc1nnc(N2CCCC(C(=O)N3CCCCC3)C2)c2nn(-c3ccc(Cl)cc3)c(C)c12. The summed E-state index contributed by atoms with van der Waals surface area (Å²) in [5, 5.41) is 15.7. The molecule has 1 aromatic carbocycles. The first-order chi connectivity index (χ1) is 15.5. The van der Waals surface area contributed by atoms with Crippen molar-refractivity contribution < 1.29 is 4.79 Å². The predicted octanol–water partition coefficient (Wildman–Crippen LogP) is 4.31. The zero-order chi connectivity index (χ0) is 22.2. The van der Waals surface area contributed by atoms with E-state index in [4.69, 9.17) is 16.7 Å². The first-order valence-electron chi connectivity index (χ1n) is 11.5. The molecule has 8 heteroatoms. The van der Waals surface area contributed by atoms with Gasteiger partial charge in [0.25, 0.3) is 0 Å². The molecule has 2 aliphatic heterocycles. The quantitative estimate of drug-likeness (QED) is 0.592. The summed E-state index contributed by atoms with van der Waals surface area (Å²) >= 11 is 6.08. The molecule has 0 spiro atoms. The van der Waals surface area contributed by atoms with Crippen LogP contribution in [-0.2, 0) is 4.79 Å². The number of fused-ring (bicyclic) bond motifs is 1. The van der Waals surface area contributed by atoms with Crippen LogP contribution in [0.15, 0.2) is 24.3 Å². The van der Waals surface area contributed by atoms with Crippen molar-refractivity contribution in [3.05, 3.63) is 40.7 Å². The number of amides is 1. The Labute approximate surface area is 193 Å². The second-order valence-corrected chi connectivity index (χ2v) is 9.41. The van der Waals surface area contributed by atoms with Gasteiger partial charge in [0.15, 0.2) is 5.82 Å². The highest BCUT2D eigenvalue weighted by atomic mass is 35.5. The van der Waals surface area contributed by atoms with Crippen LogP contribution in [0.5, 0.6) is 0 Å². The van der Waals surface area contributed by atoms with Crippen LogP contribution in [0.1, 0.15) is 43.5 Å². The number of carbonyl (C=O) groups excluding carboxylic acids is 1. The monoisotopic (exact) mass is 452 g/mol. The average molecular weight is 453 g/mol. The predicted molar refractivity (Wildman–Crippen MR) is 127 cm³/mol. The van der Waals surface area contributed by atoms with E-state index in [9.17, 15) is 4.79 Å². The number of carbonyl (C=O) groups is 1. The fraction of sp³-hybridized carbons (Fsp3) is 0.500. The number of aryl methyl sites for hydroxylation is 2. The highest BCUT2D eigenvalue weighted by molar-refractivity contribution is 6.30. The summed E-state index contributed by atoms with van der Waals surface area (Å²) in [7, 11) is 0. The largest absolute Gasteiger partial charge is 0.352 e. The molecule has 5 rings (SSSR count). The van der Waals surface area contributed by atoms with Crippen molar-refractivity contribution in [2.45, 2.75) is 46.0 Å². The molecule has 0 bridgehead atoms. The molecule has 4 heterocycles. The van der Waals surface area contributed by atoms with Crippen LogP contribution < -0.4 is 4.90 Å². The van der Waals surface area contributed by atoms with Gasteiger partial charge >= 0.3 is 0 Å². The Hall–Kier alpha value is -2.67. The third-order valence-electron chi connectivity index (χ3n) is 6.79. The van der Waals surface area contributed by atoms with Gasteiger partial charge in [0.1, 0.15) is 5.52 Å². The summed E-state index contributed by atoms with van der Waals surface area (Å²) in [4.78, 5) is 17.4. The molecular formula is C24H29ClN6O. The summed E-state index contributed by atoms with van der Waals surface area (Å²) < 4.78 is 1.93. The smallest absolute Gasteiger partial charge is 0.227 e. The van der Waals surface area contributed by atoms with E-state index in [1.165, 1.54) is 6.42 Å². The maximum atomic E-state index is 13.2. The zero-order valence-corrected chi connectivity index (χ0v) is 19.5. The maximum Gasteiger partial charge on any atom is 0.227 e. The number of likely N-dealkylation sites (tertiary alicyclic amines) is 1. The lowest BCUT2D eigenvalue weighted by Gasteiger charge is -2.36. The highest BCUT2D eigenvalue weighted by Crippen LogP contribution is 2.32. The van der Waals surface area contributed by atoms with E-state index < -0.39 is 0 Å². The fourth-order valence-corrected chi connectivity index (χ4v) is 5.23. The zero-order valence-electron chi connectivity index (χ0n) is 18.7. The molecule has 1 unspecified atom stereocenters. The van der Waals surface area contributed by atoms with Crippen molar-refractivity contribution in [2.24, 2.45) is 5.92 Å². The first kappa shape index (κ1) is 21.2. The number of hydrogen-bond donors (Lipinski definition) is 0. The summed E-state index contributed by atoms with van der Waals surface area (Å²) in [6.07, 6.45) is 5.37. The summed E-state index contributed by atoms with van der Waals surface area (Å²) in [5.74, 6) is 1.09. The molecule has 2 saturated heterocycles. The van der Waals surface area contributed by atoms with Gasteiger partial charge in [-0.1, -0.05) is 11.6 Å². The van der Waals surface area contributed by atoms with E-state index >= 15 is 0 Å². The molecular weight excluding hydrogens is 424 g/mol. The van der Waals surface area contributed by atoms with Crippen LogP contribution in [0.3, 0.4) is 0 Å². The summed E-state index contributed by atoms with van der Waals surface area (Å²) in [6, 6.07) is 7.67. The molecule has 0 saturated carbocycles. The van der Waals surface area contributed by atoms with E-state index in [1.807, 2.05) is 35.9 Å². The number of hydrogen-bond acceptors (Lipinski definition) is 5. The van der Waals surface area contributed by atoms with Crippen molar-refractivity contribution in [3.8, 4) is 5.69 Å². The van der Waals surface area contributed by atoms with Gasteiger partial charge in [-0.25, -0.2) is 4.68 Å². The Bertz CT molecular complexity index is 1140. The molecule has 168 valence electrons. The fourth-order valence-electron chi connectivity index (χ4n) is 5.10. The van der Waals surface area contributed by atoms with Gasteiger partial charge < -0.3 is 9.80 Å². The molecule has 2 aliphatic rings. The van der Waals surface area contributed by atoms with Gasteiger partial charge in [-0.2, -0.15) is 10.2 Å². The van der Waals surface area contributed by atoms with Crippen LogP contribution in [-0.4, -0.2) is 57.0 Å². The third-order valence-corrected chi connectivity index (χ3v) is 7.05. The van der Waals surface area contributed by atoms with Crippen molar-refractivity contribution in [1.82, 2.24) is 24.9 Å². The molecule has 0 N–H and O–H groups in total. The second kappa shape index (κ2) is 8.70. The number of rotatable bonds is 3. The Morgan fingerprint density at radius 1 is 1.00 bits per heavy atom. The highest BCUT2D eigenvalue weighted by Gasteiger charge is 2.32. The molecule has 1 amide bonds. The van der Waals surface area contributed by atoms with E-state index in [1.54, 1.807) is 0 Å². The number of benzene rings is 1. The molecule has 0 radical (unpaired) electrons. The molecule has 32 heavy (non-hydrogen) atoms. The minimum absolute atomic E-state index is 0.0134. The average Bonchev–Trinajstić information content (AvgIpc) is 3.18. The van der Waals surface area contributed by atoms with Crippen molar-refractivity contribution in [3.63, 3.8) is 0 Å². The van der Waals surface area contributed by atoms with Gasteiger partial charge in [0.05, 0.1) is 28.4 Å². The van der Waals surface area contributed by atoms with Crippen molar-refractivity contribution in [1.29, 1.82) is 0 Å². The number of piperidine rings is 2. The van der Waals surface area contributed by atoms with Gasteiger partial charge in [-0.3, -0.25) is 4.79 Å². The number of aromatic nitrogens is 4. The topological polar surface area (TPSA) is 67.2 Å². The van der Waals surface area contributed by atoms with Crippen molar-refractivity contribution >= 4 is 34.2 Å². The van der Waals surface area contributed by atoms with E-state index in [-0.39, 0.29) is 5.92 Å². The van der Waals surface area contributed by atoms with Crippen molar-refractivity contribution in [2.75, 3.05) is 31.1 Å². The Kier molecular flexibility index (Phi) is 5.76. The van der Waals surface area contributed by atoms with Gasteiger partial charge in [0, 0.05) is 31.2 Å². The molecule has 1 atom stereocenters. The van der Waals surface area contributed by atoms with Crippen LogP contribution in [0.4, 0.5) is 5.82 Å². The van der Waals surface area contributed by atoms with E-state index in [0.29, 0.717) is 17.5 Å². The lowest BCUT2D eigenvalue weighted by molar-refractivity contribution is -0.136. The molecule has 2 aromatic heterocycles. The standard InChI is InChI=1S/C24H29ClN6O/c1-16-21-17(2)31(20-10-8-19(25)9-11-20)28-22(21)23(27-26-16)30-14-6-7-18(15-30)24(32)29-12-4-3-5-13-29/h8-11,18H,3-7,12-15H2,1-2H3. The minimum atomic E-state index is 0.0134. The minimum Gasteiger partial charge on any atom is -0.352 e. The van der Waals surface area contributed by atoms with Gasteiger partial charge in [-0.15, -0.1) is 5.10 Å². The van der Waals surface area contributed by atoms with Gasteiger partial charge in [0.2, 0.25) is 5.91 Å². The van der Waals surface area contributed by atoms with Gasteiger partial charge in [-0.05, 0) is 70.2 Å². The third kappa shape index (κ3) is 3.83. The first-order valence-corrected chi connectivity index (χ1v) is 11.9. The van der Waals surface area contributed by atoms with Crippen LogP contribution in [0.25, 0.3) is 16.6 Å². The Morgan fingerprint density at radius 3 is 2.50 bits per heavy atom. The Morgan fingerprint density at radius 2 is 1.75 bits per heavy atom. The van der Waals surface area contributed by atoms with E-state index in [0.717, 1.165) is 79.1 Å². The lowest BCUT2D eigenvalue weighted by Crippen LogP contribution is -2.46. The van der Waals surface area contributed by atoms with Crippen LogP contribution in [0.2, 0.25) is 5.02 Å². The molecule has 7 nitrogen and oxygen atoms in total. The maximum absolute atomic E-state index is 13.2. The number of nitrogens with zero attached hydrogens (tertiary/aromatic N) is 6. The van der Waals surface area contributed by atoms with Crippen LogP contribution >= 0.6 is 11.6 Å². The summed E-state index contributed by atoms with van der Waals surface area (Å²) in [6.45, 7) is 7.36. The summed E-state index contributed by atoms with van der Waals surface area (Å²) in [5.41, 5.74) is 3.68. The molecule has 0 aliphatic carbocycles. The van der Waals surface area contributed by atoms with Crippen LogP contribution in [0, 0.1) is 19.8 Å². The van der Waals surface area contributed by atoms with E-state index in [2.05, 4.69) is 26.9 Å². The number of anilines is 1. The molecule has 3 aromatic rings. The normalized spacial score (nSPS) is 19.5. The number of halogens is 1. The second-order valence-electron chi connectivity index (χ2n) is 8.98. The lowest BCUT2D eigenvalue weighted by atomic mass is 9.95.